The van der Waals surface area contributed by atoms with Crippen LogP contribution in [0.5, 0.6) is 0 Å². The summed E-state index contributed by atoms with van der Waals surface area (Å²) in [6.45, 7) is 0. The van der Waals surface area contributed by atoms with Crippen LogP contribution in [0.3, 0.4) is 0 Å². The Bertz CT molecular complexity index is 417. The molecule has 1 saturated heterocycles. The minimum atomic E-state index is -0.924. The fourth-order valence-electron chi connectivity index (χ4n) is 2.38. The molecule has 0 spiro atoms. The molecular formula is C12H11F2N. The van der Waals surface area contributed by atoms with Gasteiger partial charge in [0.05, 0.1) is 6.04 Å². The van der Waals surface area contributed by atoms with Crippen molar-refractivity contribution in [3.63, 3.8) is 0 Å². The third kappa shape index (κ3) is 1.34. The molecule has 3 unspecified atom stereocenters. The van der Waals surface area contributed by atoms with E-state index < -0.39 is 6.17 Å². The van der Waals surface area contributed by atoms with Crippen molar-refractivity contribution in [2.75, 3.05) is 0 Å². The maximum absolute atomic E-state index is 13.2. The number of allylic oxidation sites excluding steroid dienone is 5. The highest BCUT2D eigenvalue weighted by molar-refractivity contribution is 5.48. The largest absolute Gasteiger partial charge is 0.378 e. The summed E-state index contributed by atoms with van der Waals surface area (Å²) in [5.41, 5.74) is 1.87. The minimum Gasteiger partial charge on any atom is -0.378 e. The van der Waals surface area contributed by atoms with E-state index in [0.717, 1.165) is 11.3 Å². The Hall–Kier alpha value is -1.38. The number of alkyl halides is 1. The molecule has 78 valence electrons. The first-order chi connectivity index (χ1) is 7.24. The minimum absolute atomic E-state index is 0.0419. The van der Waals surface area contributed by atoms with Crippen LogP contribution in [0.2, 0.25) is 0 Å². The van der Waals surface area contributed by atoms with E-state index in [4.69, 9.17) is 0 Å². The summed E-state index contributed by atoms with van der Waals surface area (Å²) in [6.07, 6.45) is 7.77. The number of hydrogen-bond donors (Lipinski definition) is 1. The molecule has 0 radical (unpaired) electrons. The molecule has 3 heteroatoms. The van der Waals surface area contributed by atoms with Crippen LogP contribution >= 0.6 is 0 Å². The van der Waals surface area contributed by atoms with Crippen molar-refractivity contribution in [2.45, 2.75) is 18.6 Å². The average molecular weight is 207 g/mol. The summed E-state index contributed by atoms with van der Waals surface area (Å²) in [5.74, 6) is -0.277. The second-order valence-corrected chi connectivity index (χ2v) is 4.10. The molecule has 1 nitrogen and oxygen atoms in total. The standard InChI is InChI=1S/C12H11F2N/c13-7-1-3-11-9(5-7)10-6-8(14)2-4-12(10)15-11/h1,3-6,8-9,11,15H,2H2. The first-order valence-electron chi connectivity index (χ1n) is 5.12. The van der Waals surface area contributed by atoms with Crippen LogP contribution in [-0.4, -0.2) is 12.2 Å². The maximum Gasteiger partial charge on any atom is 0.122 e. The van der Waals surface area contributed by atoms with Crippen LogP contribution in [0.4, 0.5) is 8.78 Å². The Morgan fingerprint density at radius 2 is 2.20 bits per heavy atom. The van der Waals surface area contributed by atoms with Crippen LogP contribution in [-0.2, 0) is 0 Å². The summed E-state index contributed by atoms with van der Waals surface area (Å²) in [6, 6.07) is 0.0901. The Balaban J connectivity index is 2.02. The zero-order chi connectivity index (χ0) is 10.4. The summed E-state index contributed by atoms with van der Waals surface area (Å²) >= 11 is 0. The maximum atomic E-state index is 13.2. The smallest absolute Gasteiger partial charge is 0.122 e. The molecule has 15 heavy (non-hydrogen) atoms. The predicted octanol–water partition coefficient (Wildman–Crippen LogP) is 2.55. The van der Waals surface area contributed by atoms with Crippen molar-refractivity contribution >= 4 is 0 Å². The molecule has 1 fully saturated rings. The first kappa shape index (κ1) is 8.89. The molecule has 3 rings (SSSR count). The van der Waals surface area contributed by atoms with Crippen molar-refractivity contribution in [1.82, 2.24) is 5.32 Å². The highest BCUT2D eigenvalue weighted by Crippen LogP contribution is 2.37. The predicted molar refractivity (Wildman–Crippen MR) is 54.4 cm³/mol. The van der Waals surface area contributed by atoms with Gasteiger partial charge in [-0.25, -0.2) is 8.78 Å². The summed E-state index contributed by atoms with van der Waals surface area (Å²) in [7, 11) is 0. The number of halogens is 2. The van der Waals surface area contributed by atoms with Gasteiger partial charge < -0.3 is 5.32 Å². The van der Waals surface area contributed by atoms with Gasteiger partial charge in [0.1, 0.15) is 12.0 Å². The molecule has 3 atom stereocenters. The lowest BCUT2D eigenvalue weighted by Gasteiger charge is -2.16. The number of hydrogen-bond acceptors (Lipinski definition) is 1. The lowest BCUT2D eigenvalue weighted by atomic mass is 9.88. The topological polar surface area (TPSA) is 12.0 Å². The normalized spacial score (nSPS) is 37.2. The molecule has 0 amide bonds. The van der Waals surface area contributed by atoms with E-state index in [1.54, 1.807) is 18.2 Å². The summed E-state index contributed by atoms with van der Waals surface area (Å²) in [4.78, 5) is 0. The Labute approximate surface area is 86.9 Å². The van der Waals surface area contributed by atoms with Gasteiger partial charge in [-0.2, -0.15) is 0 Å². The van der Waals surface area contributed by atoms with Crippen LogP contribution < -0.4 is 5.32 Å². The molecule has 1 N–H and O–H groups in total. The highest BCUT2D eigenvalue weighted by atomic mass is 19.1. The molecule has 0 aromatic carbocycles. The SMILES string of the molecule is FC1=CC2C3=CC(F)CC=C3NC2C=C1. The fourth-order valence-corrected chi connectivity index (χ4v) is 2.38. The molecular weight excluding hydrogens is 196 g/mol. The molecule has 3 aliphatic rings. The highest BCUT2D eigenvalue weighted by Gasteiger charge is 2.35. The molecule has 0 aromatic heterocycles. The lowest BCUT2D eigenvalue weighted by Crippen LogP contribution is -2.24. The van der Waals surface area contributed by atoms with E-state index in [-0.39, 0.29) is 17.8 Å². The van der Waals surface area contributed by atoms with E-state index in [1.807, 2.05) is 6.08 Å². The van der Waals surface area contributed by atoms with E-state index >= 15 is 0 Å². The second-order valence-electron chi connectivity index (χ2n) is 4.10. The monoisotopic (exact) mass is 207 g/mol. The number of fused-ring (bicyclic) bond motifs is 3. The van der Waals surface area contributed by atoms with Gasteiger partial charge in [0.25, 0.3) is 0 Å². The van der Waals surface area contributed by atoms with Crippen LogP contribution in [0.1, 0.15) is 6.42 Å². The van der Waals surface area contributed by atoms with Crippen molar-refractivity contribution in [3.05, 3.63) is 47.5 Å². The van der Waals surface area contributed by atoms with Crippen molar-refractivity contribution in [1.29, 1.82) is 0 Å². The van der Waals surface area contributed by atoms with Crippen LogP contribution in [0, 0.1) is 5.92 Å². The van der Waals surface area contributed by atoms with Crippen LogP contribution in [0.25, 0.3) is 0 Å². The van der Waals surface area contributed by atoms with E-state index in [0.29, 0.717) is 6.42 Å². The zero-order valence-electron chi connectivity index (χ0n) is 8.08. The summed E-state index contributed by atoms with van der Waals surface area (Å²) < 4.78 is 26.3. The van der Waals surface area contributed by atoms with Gasteiger partial charge >= 0.3 is 0 Å². The first-order valence-corrected chi connectivity index (χ1v) is 5.12. The third-order valence-corrected chi connectivity index (χ3v) is 3.09. The van der Waals surface area contributed by atoms with Gasteiger partial charge in [-0.05, 0) is 23.8 Å². The Morgan fingerprint density at radius 3 is 3.07 bits per heavy atom. The zero-order valence-corrected chi connectivity index (χ0v) is 8.08. The number of nitrogens with one attached hydrogen (secondary N) is 1. The molecule has 1 aliphatic heterocycles. The van der Waals surface area contributed by atoms with Gasteiger partial charge in [0.15, 0.2) is 0 Å². The Morgan fingerprint density at radius 1 is 1.33 bits per heavy atom. The van der Waals surface area contributed by atoms with Crippen molar-refractivity contribution < 1.29 is 8.78 Å². The van der Waals surface area contributed by atoms with Gasteiger partial charge in [0, 0.05) is 18.0 Å². The van der Waals surface area contributed by atoms with Crippen molar-refractivity contribution in [2.24, 2.45) is 5.92 Å². The van der Waals surface area contributed by atoms with Crippen LogP contribution in [0.15, 0.2) is 47.5 Å². The second kappa shape index (κ2) is 3.05. The van der Waals surface area contributed by atoms with Gasteiger partial charge in [0.2, 0.25) is 0 Å². The van der Waals surface area contributed by atoms with E-state index in [1.165, 1.54) is 6.08 Å². The fraction of sp³-hybridized carbons (Fsp3) is 0.333. The van der Waals surface area contributed by atoms with Gasteiger partial charge in [-0.15, -0.1) is 0 Å². The van der Waals surface area contributed by atoms with Gasteiger partial charge in [-0.3, -0.25) is 0 Å². The molecule has 0 aromatic rings. The van der Waals surface area contributed by atoms with Gasteiger partial charge in [-0.1, -0.05) is 12.2 Å². The quantitative estimate of drug-likeness (QED) is 0.643. The third-order valence-electron chi connectivity index (χ3n) is 3.09. The molecule has 0 saturated carbocycles. The number of rotatable bonds is 0. The Kier molecular flexibility index (Phi) is 1.81. The molecule has 1 heterocycles. The lowest BCUT2D eigenvalue weighted by molar-refractivity contribution is 0.397. The summed E-state index contributed by atoms with van der Waals surface area (Å²) in [5, 5.41) is 3.26. The molecule has 2 aliphatic carbocycles. The van der Waals surface area contributed by atoms with E-state index in [9.17, 15) is 8.78 Å². The van der Waals surface area contributed by atoms with Crippen molar-refractivity contribution in [3.8, 4) is 0 Å². The average Bonchev–Trinajstić information content (AvgIpc) is 2.56. The molecule has 0 bridgehead atoms. The van der Waals surface area contributed by atoms with E-state index in [2.05, 4.69) is 5.32 Å².